The van der Waals surface area contributed by atoms with Crippen LogP contribution in [0.15, 0.2) is 67.0 Å². The van der Waals surface area contributed by atoms with E-state index in [1.807, 2.05) is 29.2 Å². The Morgan fingerprint density at radius 3 is 2.41 bits per heavy atom. The zero-order chi connectivity index (χ0) is 41.0. The molecule has 0 unspecified atom stereocenters. The lowest BCUT2D eigenvalue weighted by atomic mass is 9.86. The number of rotatable bonds is 17. The number of methoxy groups -OCH3 is 1. The number of benzene rings is 3. The third kappa shape index (κ3) is 10.9. The van der Waals surface area contributed by atoms with E-state index in [1.54, 1.807) is 24.4 Å². The lowest BCUT2D eigenvalue weighted by Crippen LogP contribution is -2.44. The molecule has 1 aliphatic carbocycles. The molecule has 11 nitrogen and oxygen atoms in total. The summed E-state index contributed by atoms with van der Waals surface area (Å²) < 4.78 is 23.9. The molecule has 3 aromatic carbocycles. The molecule has 0 radical (unpaired) electrons. The minimum Gasteiger partial charge on any atom is -0.493 e. The monoisotopic (exact) mass is 808 g/mol. The van der Waals surface area contributed by atoms with Gasteiger partial charge in [0.15, 0.2) is 0 Å². The Balaban J connectivity index is 1.12. The van der Waals surface area contributed by atoms with Crippen molar-refractivity contribution in [3.63, 3.8) is 0 Å². The van der Waals surface area contributed by atoms with Crippen LogP contribution in [0, 0.1) is 31.1 Å². The molecule has 1 saturated carbocycles. The number of halogens is 1. The van der Waals surface area contributed by atoms with Gasteiger partial charge in [0.1, 0.15) is 42.6 Å². The van der Waals surface area contributed by atoms with Crippen LogP contribution in [0.5, 0.6) is 17.2 Å². The van der Waals surface area contributed by atoms with E-state index < -0.39 is 12.0 Å². The van der Waals surface area contributed by atoms with Gasteiger partial charge in [0.2, 0.25) is 0 Å². The Morgan fingerprint density at radius 1 is 0.897 bits per heavy atom. The van der Waals surface area contributed by atoms with Crippen LogP contribution in [0.1, 0.15) is 84.7 Å². The highest BCUT2D eigenvalue weighted by Gasteiger charge is 2.30. The Labute approximate surface area is 346 Å². The van der Waals surface area contributed by atoms with E-state index in [0.29, 0.717) is 54.2 Å². The van der Waals surface area contributed by atoms with Gasteiger partial charge in [-0.05, 0) is 118 Å². The van der Waals surface area contributed by atoms with E-state index in [9.17, 15) is 20.0 Å². The van der Waals surface area contributed by atoms with Crippen LogP contribution in [-0.4, -0.2) is 65.8 Å². The normalized spacial score (nSPS) is 18.2. The van der Waals surface area contributed by atoms with Crippen molar-refractivity contribution in [2.75, 3.05) is 26.8 Å². The average Bonchev–Trinajstić information content (AvgIpc) is 3.24. The molecular weight excluding hydrogens is 756 g/mol. The maximum Gasteiger partial charge on any atom is 0.320 e. The number of pyridine rings is 1. The third-order valence-corrected chi connectivity index (χ3v) is 11.7. The number of hydrogen-bond acceptors (Lipinski definition) is 10. The molecule has 2 aliphatic rings. The second kappa shape index (κ2) is 20.5. The predicted octanol–water partition coefficient (Wildman–Crippen LogP) is 8.58. The second-order valence-electron chi connectivity index (χ2n) is 15.2. The largest absolute Gasteiger partial charge is 0.493 e. The summed E-state index contributed by atoms with van der Waals surface area (Å²) in [5.74, 6) is 0.916. The minimum atomic E-state index is -0.837. The maximum atomic E-state index is 12.1. The zero-order valence-corrected chi connectivity index (χ0v) is 34.4. The highest BCUT2D eigenvalue weighted by atomic mass is 35.5. The number of hydrogen-bond donors (Lipinski definition) is 2. The quantitative estimate of drug-likeness (QED) is 0.0782. The van der Waals surface area contributed by atoms with Crippen LogP contribution in [0.25, 0.3) is 11.1 Å². The van der Waals surface area contributed by atoms with Gasteiger partial charge in [-0.2, -0.15) is 5.26 Å². The number of carboxylic acids is 1. The Hall–Kier alpha value is -5.15. The molecule has 0 amide bonds. The number of nitrogens with zero attached hydrogens (tertiary/aromatic N) is 3. The van der Waals surface area contributed by atoms with Crippen molar-refractivity contribution in [3.8, 4) is 34.4 Å². The molecule has 2 N–H and O–H groups in total. The predicted molar refractivity (Wildman–Crippen MR) is 222 cm³/mol. The standard InChI is InChI=1S/C46H53ClN4O7/c1-30-35(9-6-10-38(30)39-11-7-13-42(31(39)2)56-20-8-18-50-37-16-14-34(15-17-37)46(54)55-3)29-58-44-23-43(57-28-33-21-32(24-48)25-49-26-33)36(22-40(44)47)27-51-19-5-4-12-41(51)45(52)53/h6-7,9-11,13,21-23,25-26,34,37,41,50H,4-5,8,12,14-20,27-29H2,1-3H3,(H,52,53)/t34-,37-,41-/m0/s1. The van der Waals surface area contributed by atoms with Gasteiger partial charge in [-0.3, -0.25) is 19.5 Å². The Morgan fingerprint density at radius 2 is 1.66 bits per heavy atom. The molecule has 2 fully saturated rings. The van der Waals surface area contributed by atoms with Crippen molar-refractivity contribution in [2.45, 2.75) is 97.1 Å². The van der Waals surface area contributed by atoms with Crippen LogP contribution in [-0.2, 0) is 34.1 Å². The van der Waals surface area contributed by atoms with E-state index in [0.717, 1.165) is 96.2 Å². The molecule has 1 saturated heterocycles. The molecule has 58 heavy (non-hydrogen) atoms. The molecule has 12 heteroatoms. The fourth-order valence-corrected chi connectivity index (χ4v) is 8.26. The van der Waals surface area contributed by atoms with Crippen LogP contribution in [0.4, 0.5) is 0 Å². The van der Waals surface area contributed by atoms with Crippen molar-refractivity contribution in [1.29, 1.82) is 5.26 Å². The number of aromatic nitrogens is 1. The third-order valence-electron chi connectivity index (χ3n) is 11.4. The van der Waals surface area contributed by atoms with Gasteiger partial charge >= 0.3 is 11.9 Å². The average molecular weight is 809 g/mol. The summed E-state index contributed by atoms with van der Waals surface area (Å²) in [4.78, 5) is 30.1. The smallest absolute Gasteiger partial charge is 0.320 e. The lowest BCUT2D eigenvalue weighted by molar-refractivity contribution is -0.147. The Kier molecular flexibility index (Phi) is 15.0. The number of piperidine rings is 1. The summed E-state index contributed by atoms with van der Waals surface area (Å²) in [5.41, 5.74) is 7.22. The number of carbonyl (C=O) groups is 2. The van der Waals surface area contributed by atoms with Gasteiger partial charge in [0, 0.05) is 42.2 Å². The van der Waals surface area contributed by atoms with E-state index >= 15 is 0 Å². The topological polar surface area (TPSA) is 143 Å². The van der Waals surface area contributed by atoms with Crippen molar-refractivity contribution < 1.29 is 33.6 Å². The van der Waals surface area contributed by atoms with Crippen LogP contribution in [0.2, 0.25) is 5.02 Å². The molecule has 306 valence electrons. The first-order valence-electron chi connectivity index (χ1n) is 20.2. The Bertz CT molecular complexity index is 2100. The molecule has 2 heterocycles. The molecule has 4 aromatic rings. The highest BCUT2D eigenvalue weighted by molar-refractivity contribution is 6.32. The molecule has 6 rings (SSSR count). The van der Waals surface area contributed by atoms with E-state index in [-0.39, 0.29) is 25.1 Å². The van der Waals surface area contributed by atoms with E-state index in [4.69, 9.17) is 30.5 Å². The molecule has 0 bridgehead atoms. The summed E-state index contributed by atoms with van der Waals surface area (Å²) in [6, 6.07) is 19.6. The van der Waals surface area contributed by atoms with Crippen molar-refractivity contribution >= 4 is 23.5 Å². The number of likely N-dealkylation sites (tertiary alicyclic amines) is 1. The second-order valence-corrected chi connectivity index (χ2v) is 15.6. The van der Waals surface area contributed by atoms with Gasteiger partial charge in [-0.1, -0.05) is 48.4 Å². The van der Waals surface area contributed by atoms with Gasteiger partial charge in [0.25, 0.3) is 0 Å². The maximum absolute atomic E-state index is 12.1. The van der Waals surface area contributed by atoms with Crippen LogP contribution < -0.4 is 19.5 Å². The molecule has 1 atom stereocenters. The summed E-state index contributed by atoms with van der Waals surface area (Å²) in [7, 11) is 1.46. The number of carbonyl (C=O) groups excluding carboxylic acids is 1. The summed E-state index contributed by atoms with van der Waals surface area (Å²) >= 11 is 6.87. The fraction of sp³-hybridized carbons (Fsp3) is 0.435. The zero-order valence-electron chi connectivity index (χ0n) is 33.6. The number of carboxylic acid groups (broad SMARTS) is 1. The first-order chi connectivity index (χ1) is 28.1. The first-order valence-corrected chi connectivity index (χ1v) is 20.5. The first kappa shape index (κ1) is 42.5. The highest BCUT2D eigenvalue weighted by Crippen LogP contribution is 2.37. The summed E-state index contributed by atoms with van der Waals surface area (Å²) in [6.45, 7) is 7.04. The summed E-state index contributed by atoms with van der Waals surface area (Å²) in [6.07, 6.45) is 10.1. The number of ether oxygens (including phenoxy) is 4. The van der Waals surface area contributed by atoms with Crippen LogP contribution in [0.3, 0.4) is 0 Å². The van der Waals surface area contributed by atoms with Gasteiger partial charge in [-0.25, -0.2) is 0 Å². The minimum absolute atomic E-state index is 0.0282. The van der Waals surface area contributed by atoms with Gasteiger partial charge in [-0.15, -0.1) is 0 Å². The SMILES string of the molecule is COC(=O)[C@H]1CC[C@H](NCCCOc2cccc(-c3cccc(COc4cc(OCc5cncc(C#N)c5)c(CN5CCCC[C@H]5C(=O)O)cc4Cl)c3C)c2C)CC1. The van der Waals surface area contributed by atoms with Crippen LogP contribution >= 0.6 is 11.6 Å². The van der Waals surface area contributed by atoms with Crippen molar-refractivity contribution in [3.05, 3.63) is 105 Å². The van der Waals surface area contributed by atoms with Gasteiger partial charge < -0.3 is 29.4 Å². The molecule has 1 aromatic heterocycles. The summed E-state index contributed by atoms with van der Waals surface area (Å²) in [5, 5.41) is 23.3. The van der Waals surface area contributed by atoms with E-state index in [1.165, 1.54) is 13.3 Å². The van der Waals surface area contributed by atoms with Crippen molar-refractivity contribution in [2.24, 2.45) is 5.92 Å². The number of aliphatic carboxylic acids is 1. The molecule has 1 aliphatic heterocycles. The fourth-order valence-electron chi connectivity index (χ4n) is 8.02. The van der Waals surface area contributed by atoms with Crippen molar-refractivity contribution in [1.82, 2.24) is 15.2 Å². The number of nitrogens with one attached hydrogen (secondary N) is 1. The van der Waals surface area contributed by atoms with Gasteiger partial charge in [0.05, 0.1) is 30.2 Å². The molecule has 0 spiro atoms. The molecular formula is C46H53ClN4O7. The lowest BCUT2D eigenvalue weighted by Gasteiger charge is -2.33. The number of esters is 1. The van der Waals surface area contributed by atoms with E-state index in [2.05, 4.69) is 42.4 Å². The number of nitriles is 1.